The van der Waals surface area contributed by atoms with E-state index in [4.69, 9.17) is 4.74 Å². The molecular weight excluding hydrogens is 342 g/mol. The molecule has 0 bridgehead atoms. The highest BCUT2D eigenvalue weighted by molar-refractivity contribution is 5.98. The number of aryl methyl sites for hydroxylation is 1. The fourth-order valence-electron chi connectivity index (χ4n) is 3.41. The lowest BCUT2D eigenvalue weighted by atomic mass is 10.0. The number of tetrazole rings is 1. The predicted molar refractivity (Wildman–Crippen MR) is 99.7 cm³/mol. The molecule has 27 heavy (non-hydrogen) atoms. The van der Waals surface area contributed by atoms with Gasteiger partial charge in [0.25, 0.3) is 5.91 Å². The molecule has 3 aromatic rings. The predicted octanol–water partition coefficient (Wildman–Crippen LogP) is 2.49. The Balaban J connectivity index is 1.66. The molecule has 1 aromatic heterocycles. The molecule has 0 radical (unpaired) electrons. The average molecular weight is 363 g/mol. The van der Waals surface area contributed by atoms with E-state index in [1.54, 1.807) is 4.68 Å². The van der Waals surface area contributed by atoms with Gasteiger partial charge in [-0.25, -0.2) is 0 Å². The second-order valence-corrected chi connectivity index (χ2v) is 6.68. The van der Waals surface area contributed by atoms with Crippen molar-refractivity contribution >= 4 is 5.91 Å². The van der Waals surface area contributed by atoms with Crippen LogP contribution in [0.25, 0.3) is 5.69 Å². The molecule has 1 fully saturated rings. The van der Waals surface area contributed by atoms with Gasteiger partial charge >= 0.3 is 0 Å². The van der Waals surface area contributed by atoms with Crippen LogP contribution in [-0.2, 0) is 4.74 Å². The fraction of sp³-hybridized carbons (Fsp3) is 0.300. The number of hydrogen-bond acceptors (Lipinski definition) is 5. The molecule has 1 atom stereocenters. The van der Waals surface area contributed by atoms with Crippen LogP contribution in [0.5, 0.6) is 0 Å². The number of hydrogen-bond donors (Lipinski definition) is 0. The Labute approximate surface area is 157 Å². The van der Waals surface area contributed by atoms with E-state index < -0.39 is 0 Å². The van der Waals surface area contributed by atoms with Crippen molar-refractivity contribution < 1.29 is 9.53 Å². The molecule has 2 heterocycles. The Morgan fingerprint density at radius 2 is 1.96 bits per heavy atom. The third kappa shape index (κ3) is 3.33. The van der Waals surface area contributed by atoms with E-state index in [2.05, 4.69) is 15.5 Å². The van der Waals surface area contributed by atoms with Crippen LogP contribution in [0.15, 0.2) is 48.8 Å². The third-order valence-corrected chi connectivity index (χ3v) is 5.04. The van der Waals surface area contributed by atoms with Gasteiger partial charge in [0.1, 0.15) is 12.4 Å². The van der Waals surface area contributed by atoms with Gasteiger partial charge < -0.3 is 9.64 Å². The van der Waals surface area contributed by atoms with Crippen molar-refractivity contribution in [2.24, 2.45) is 0 Å². The van der Waals surface area contributed by atoms with Gasteiger partial charge in [-0.15, -0.1) is 5.10 Å². The van der Waals surface area contributed by atoms with Crippen LogP contribution in [-0.4, -0.2) is 50.7 Å². The van der Waals surface area contributed by atoms with Gasteiger partial charge in [0, 0.05) is 6.54 Å². The van der Waals surface area contributed by atoms with E-state index in [0.29, 0.717) is 25.3 Å². The van der Waals surface area contributed by atoms with E-state index in [9.17, 15) is 4.79 Å². The molecule has 1 aliphatic rings. The Morgan fingerprint density at radius 3 is 2.70 bits per heavy atom. The van der Waals surface area contributed by atoms with Crippen molar-refractivity contribution in [2.75, 3.05) is 19.7 Å². The lowest BCUT2D eigenvalue weighted by molar-refractivity contribution is -0.0228. The maximum Gasteiger partial charge on any atom is 0.256 e. The van der Waals surface area contributed by atoms with Crippen LogP contribution in [0.1, 0.15) is 33.2 Å². The third-order valence-electron chi connectivity index (χ3n) is 5.04. The molecule has 0 N–H and O–H groups in total. The Hall–Kier alpha value is -3.06. The van der Waals surface area contributed by atoms with Gasteiger partial charge in [0.05, 0.1) is 24.4 Å². The minimum atomic E-state index is -0.119. The topological polar surface area (TPSA) is 73.1 Å². The van der Waals surface area contributed by atoms with Crippen molar-refractivity contribution in [2.45, 2.75) is 20.0 Å². The first-order chi connectivity index (χ1) is 13.1. The highest BCUT2D eigenvalue weighted by atomic mass is 16.5. The molecule has 138 valence electrons. The first-order valence-electron chi connectivity index (χ1n) is 8.94. The van der Waals surface area contributed by atoms with E-state index >= 15 is 0 Å². The lowest BCUT2D eigenvalue weighted by Crippen LogP contribution is -2.42. The number of ether oxygens (including phenoxy) is 1. The lowest BCUT2D eigenvalue weighted by Gasteiger charge is -2.33. The van der Waals surface area contributed by atoms with Crippen molar-refractivity contribution in [1.29, 1.82) is 0 Å². The van der Waals surface area contributed by atoms with Crippen LogP contribution in [0.2, 0.25) is 0 Å². The smallest absolute Gasteiger partial charge is 0.256 e. The number of carbonyl (C=O) groups is 1. The molecular formula is C20H21N5O2. The Bertz CT molecular complexity index is 941. The van der Waals surface area contributed by atoms with Gasteiger partial charge in [-0.3, -0.25) is 4.79 Å². The zero-order chi connectivity index (χ0) is 18.8. The summed E-state index contributed by atoms with van der Waals surface area (Å²) in [5.74, 6) is -0.0344. The SMILES string of the molecule is Cc1ccc(C(=O)N2CCOC(c3ccccc3)C2)c(-n2cnnn2)c1C. The molecule has 0 saturated carbocycles. The monoisotopic (exact) mass is 363 g/mol. The van der Waals surface area contributed by atoms with Crippen molar-refractivity contribution in [3.63, 3.8) is 0 Å². The first kappa shape index (κ1) is 17.4. The molecule has 7 heteroatoms. The average Bonchev–Trinajstić information content (AvgIpc) is 3.24. The zero-order valence-electron chi connectivity index (χ0n) is 15.4. The van der Waals surface area contributed by atoms with Crippen LogP contribution in [0.3, 0.4) is 0 Å². The summed E-state index contributed by atoms with van der Waals surface area (Å²) >= 11 is 0. The van der Waals surface area contributed by atoms with Gasteiger partial charge in [-0.05, 0) is 47.0 Å². The van der Waals surface area contributed by atoms with Gasteiger partial charge in [0.2, 0.25) is 0 Å². The number of amides is 1. The minimum absolute atomic E-state index is 0.0344. The normalized spacial score (nSPS) is 17.1. The van der Waals surface area contributed by atoms with Crippen molar-refractivity contribution in [1.82, 2.24) is 25.1 Å². The number of benzene rings is 2. The quantitative estimate of drug-likeness (QED) is 0.715. The summed E-state index contributed by atoms with van der Waals surface area (Å²) in [6, 6.07) is 13.8. The van der Waals surface area contributed by atoms with Gasteiger partial charge in [-0.1, -0.05) is 36.4 Å². The van der Waals surface area contributed by atoms with Gasteiger partial charge in [0.15, 0.2) is 0 Å². The van der Waals surface area contributed by atoms with E-state index in [0.717, 1.165) is 22.4 Å². The molecule has 7 nitrogen and oxygen atoms in total. The number of aromatic nitrogens is 4. The summed E-state index contributed by atoms with van der Waals surface area (Å²) in [7, 11) is 0. The Kier molecular flexibility index (Phi) is 4.68. The second kappa shape index (κ2) is 7.28. The summed E-state index contributed by atoms with van der Waals surface area (Å²) < 4.78 is 7.45. The molecule has 0 spiro atoms. The van der Waals surface area contributed by atoms with Gasteiger partial charge in [-0.2, -0.15) is 4.68 Å². The molecule has 0 aliphatic carbocycles. The van der Waals surface area contributed by atoms with Crippen LogP contribution < -0.4 is 0 Å². The summed E-state index contributed by atoms with van der Waals surface area (Å²) in [5.41, 5.74) is 4.48. The summed E-state index contributed by atoms with van der Waals surface area (Å²) in [5, 5.41) is 11.4. The fourth-order valence-corrected chi connectivity index (χ4v) is 3.41. The standard InChI is InChI=1S/C20H21N5O2/c1-14-8-9-17(19(15(14)2)25-13-21-22-23-25)20(26)24-10-11-27-18(12-24)16-6-4-3-5-7-16/h3-9,13,18H,10-12H2,1-2H3. The first-order valence-corrected chi connectivity index (χ1v) is 8.94. The van der Waals surface area contributed by atoms with Crippen molar-refractivity contribution in [3.05, 3.63) is 71.0 Å². The maximum atomic E-state index is 13.3. The molecule has 1 saturated heterocycles. The number of carbonyl (C=O) groups excluding carboxylic acids is 1. The van der Waals surface area contributed by atoms with E-state index in [-0.39, 0.29) is 12.0 Å². The van der Waals surface area contributed by atoms with E-state index in [1.165, 1.54) is 6.33 Å². The van der Waals surface area contributed by atoms with E-state index in [1.807, 2.05) is 61.2 Å². The molecule has 1 aliphatic heterocycles. The number of nitrogens with zero attached hydrogens (tertiary/aromatic N) is 5. The maximum absolute atomic E-state index is 13.3. The Morgan fingerprint density at radius 1 is 1.15 bits per heavy atom. The highest BCUT2D eigenvalue weighted by Crippen LogP contribution is 2.26. The molecule has 2 aromatic carbocycles. The van der Waals surface area contributed by atoms with Crippen LogP contribution in [0.4, 0.5) is 0 Å². The van der Waals surface area contributed by atoms with Crippen LogP contribution >= 0.6 is 0 Å². The largest absolute Gasteiger partial charge is 0.370 e. The highest BCUT2D eigenvalue weighted by Gasteiger charge is 2.28. The summed E-state index contributed by atoms with van der Waals surface area (Å²) in [6.45, 7) is 5.58. The molecule has 1 amide bonds. The molecule has 4 rings (SSSR count). The second-order valence-electron chi connectivity index (χ2n) is 6.68. The summed E-state index contributed by atoms with van der Waals surface area (Å²) in [6.07, 6.45) is 1.40. The minimum Gasteiger partial charge on any atom is -0.370 e. The van der Waals surface area contributed by atoms with Crippen LogP contribution in [0, 0.1) is 13.8 Å². The zero-order valence-corrected chi connectivity index (χ0v) is 15.4. The summed E-state index contributed by atoms with van der Waals surface area (Å²) in [4.78, 5) is 15.2. The van der Waals surface area contributed by atoms with Crippen molar-refractivity contribution in [3.8, 4) is 5.69 Å². The number of morpholine rings is 1. The number of rotatable bonds is 3. The molecule has 1 unspecified atom stereocenters.